The lowest BCUT2D eigenvalue weighted by Gasteiger charge is -2.19. The predicted molar refractivity (Wildman–Crippen MR) is 104 cm³/mol. The fourth-order valence-electron chi connectivity index (χ4n) is 2.51. The first-order valence-electron chi connectivity index (χ1n) is 8.94. The van der Waals surface area contributed by atoms with Gasteiger partial charge in [0.1, 0.15) is 0 Å². The number of amides is 3. The van der Waals surface area contributed by atoms with E-state index in [0.29, 0.717) is 6.54 Å². The molecule has 0 aliphatic heterocycles. The Morgan fingerprint density at radius 3 is 2.17 bits per heavy atom. The zero-order valence-electron chi connectivity index (χ0n) is 16.2. The molecule has 1 N–H and O–H groups in total. The summed E-state index contributed by atoms with van der Waals surface area (Å²) in [4.78, 5) is 49.5. The van der Waals surface area contributed by atoms with Crippen molar-refractivity contribution in [1.82, 2.24) is 10.2 Å². The third-order valence-corrected chi connectivity index (χ3v) is 3.84. The van der Waals surface area contributed by atoms with Crippen LogP contribution in [0.25, 0.3) is 0 Å². The molecule has 0 bridgehead atoms. The van der Waals surface area contributed by atoms with Gasteiger partial charge in [0, 0.05) is 13.6 Å². The highest BCUT2D eigenvalue weighted by molar-refractivity contribution is 6.05. The third kappa shape index (κ3) is 6.46. The van der Waals surface area contributed by atoms with Crippen molar-refractivity contribution in [1.29, 1.82) is 0 Å². The Hall–Kier alpha value is -3.68. The number of carbonyl (C=O) groups is 4. The largest absolute Gasteiger partial charge is 0.452 e. The summed E-state index contributed by atoms with van der Waals surface area (Å²) >= 11 is 0. The maximum atomic E-state index is 12.8. The Morgan fingerprint density at radius 1 is 0.897 bits per heavy atom. The van der Waals surface area contributed by atoms with Crippen molar-refractivity contribution in [2.75, 3.05) is 20.3 Å². The summed E-state index contributed by atoms with van der Waals surface area (Å²) < 4.78 is 9.50. The highest BCUT2D eigenvalue weighted by Crippen LogP contribution is 2.14. The van der Waals surface area contributed by atoms with Crippen molar-refractivity contribution >= 4 is 23.9 Å². The summed E-state index contributed by atoms with van der Waals surface area (Å²) in [5.41, 5.74) is 1.13. The molecule has 0 saturated carbocycles. The number of rotatable bonds is 7. The van der Waals surface area contributed by atoms with Crippen molar-refractivity contribution in [3.63, 3.8) is 0 Å². The topological polar surface area (TPSA) is 102 Å². The highest BCUT2D eigenvalue weighted by atomic mass is 16.6. The van der Waals surface area contributed by atoms with Crippen LogP contribution < -0.4 is 5.32 Å². The zero-order chi connectivity index (χ0) is 21.2. The van der Waals surface area contributed by atoms with Gasteiger partial charge in [-0.25, -0.2) is 9.59 Å². The molecule has 0 aromatic heterocycles. The monoisotopic (exact) mass is 398 g/mol. The number of nitrogens with one attached hydrogen (secondary N) is 1. The Bertz CT molecular complexity index is 882. The van der Waals surface area contributed by atoms with Crippen LogP contribution in [0.4, 0.5) is 4.79 Å². The van der Waals surface area contributed by atoms with Crippen molar-refractivity contribution in [2.24, 2.45) is 0 Å². The average Bonchev–Trinajstić information content (AvgIpc) is 2.72. The number of ether oxygens (including phenoxy) is 2. The van der Waals surface area contributed by atoms with Crippen LogP contribution in [-0.4, -0.2) is 49.0 Å². The second-order valence-corrected chi connectivity index (χ2v) is 6.04. The Balaban J connectivity index is 2.03. The standard InChI is InChI=1S/C21H22N2O6/c1-3-28-21(27)22-18(24)14-29-20(26)17-12-8-7-11-16(17)19(25)23(2)13-15-9-5-4-6-10-15/h4-12H,3,13-14H2,1-2H3,(H,22,24,27). The van der Waals surface area contributed by atoms with Crippen molar-refractivity contribution < 1.29 is 28.7 Å². The maximum absolute atomic E-state index is 12.8. The van der Waals surface area contributed by atoms with Gasteiger partial charge in [0.25, 0.3) is 11.8 Å². The average molecular weight is 398 g/mol. The molecular weight excluding hydrogens is 376 g/mol. The van der Waals surface area contributed by atoms with E-state index in [4.69, 9.17) is 4.74 Å². The third-order valence-electron chi connectivity index (χ3n) is 3.84. The summed E-state index contributed by atoms with van der Waals surface area (Å²) in [6.07, 6.45) is -0.924. The molecule has 0 atom stereocenters. The number of alkyl carbamates (subject to hydrolysis) is 1. The molecule has 8 nitrogen and oxygen atoms in total. The molecule has 0 fully saturated rings. The number of esters is 1. The van der Waals surface area contributed by atoms with E-state index in [1.807, 2.05) is 35.6 Å². The van der Waals surface area contributed by atoms with E-state index in [1.165, 1.54) is 17.0 Å². The minimum absolute atomic E-state index is 0.0290. The molecule has 2 rings (SSSR count). The lowest BCUT2D eigenvalue weighted by Crippen LogP contribution is -2.34. The van der Waals surface area contributed by atoms with Gasteiger partial charge in [0.15, 0.2) is 6.61 Å². The number of hydrogen-bond acceptors (Lipinski definition) is 6. The number of nitrogens with zero attached hydrogens (tertiary/aromatic N) is 1. The molecule has 29 heavy (non-hydrogen) atoms. The summed E-state index contributed by atoms with van der Waals surface area (Å²) in [5, 5.41) is 1.92. The van der Waals surface area contributed by atoms with Crippen molar-refractivity contribution in [3.8, 4) is 0 Å². The molecule has 8 heteroatoms. The summed E-state index contributed by atoms with van der Waals surface area (Å²) in [7, 11) is 1.63. The zero-order valence-corrected chi connectivity index (χ0v) is 16.2. The van der Waals surface area contributed by atoms with Crippen LogP contribution in [0.5, 0.6) is 0 Å². The quantitative estimate of drug-likeness (QED) is 0.719. The Kier molecular flexibility index (Phi) is 7.90. The first-order chi connectivity index (χ1) is 13.9. The van der Waals surface area contributed by atoms with Gasteiger partial charge in [0.2, 0.25) is 0 Å². The van der Waals surface area contributed by atoms with Crippen LogP contribution >= 0.6 is 0 Å². The van der Waals surface area contributed by atoms with Gasteiger partial charge in [-0.05, 0) is 24.6 Å². The van der Waals surface area contributed by atoms with Gasteiger partial charge in [0.05, 0.1) is 17.7 Å². The molecule has 152 valence electrons. The van der Waals surface area contributed by atoms with Crippen LogP contribution in [0.1, 0.15) is 33.2 Å². The molecule has 0 heterocycles. The predicted octanol–water partition coefficient (Wildman–Crippen LogP) is 2.39. The SMILES string of the molecule is CCOC(=O)NC(=O)COC(=O)c1ccccc1C(=O)N(C)Cc1ccccc1. The lowest BCUT2D eigenvalue weighted by molar-refractivity contribution is -0.123. The van der Waals surface area contributed by atoms with Crippen LogP contribution in [-0.2, 0) is 20.8 Å². The Morgan fingerprint density at radius 2 is 1.52 bits per heavy atom. The Labute approximate surface area is 168 Å². The summed E-state index contributed by atoms with van der Waals surface area (Å²) in [5.74, 6) is -2.04. The fraction of sp³-hybridized carbons (Fsp3) is 0.238. The molecule has 3 amide bonds. The van der Waals surface area contributed by atoms with E-state index in [1.54, 1.807) is 26.1 Å². The van der Waals surface area contributed by atoms with Gasteiger partial charge in [-0.2, -0.15) is 0 Å². The molecule has 2 aromatic rings. The minimum atomic E-state index is -0.924. The number of carbonyl (C=O) groups excluding carboxylic acids is 4. The summed E-state index contributed by atoms with van der Waals surface area (Å²) in [6, 6.07) is 15.6. The van der Waals surface area contributed by atoms with E-state index in [9.17, 15) is 19.2 Å². The molecule has 0 aliphatic rings. The molecule has 0 unspecified atom stereocenters. The molecule has 0 aliphatic carbocycles. The number of imide groups is 1. The first-order valence-corrected chi connectivity index (χ1v) is 8.94. The highest BCUT2D eigenvalue weighted by Gasteiger charge is 2.21. The molecule has 0 spiro atoms. The second kappa shape index (κ2) is 10.6. The fourth-order valence-corrected chi connectivity index (χ4v) is 2.51. The van der Waals surface area contributed by atoms with Gasteiger partial charge >= 0.3 is 12.1 Å². The van der Waals surface area contributed by atoms with Crippen molar-refractivity contribution in [3.05, 3.63) is 71.3 Å². The van der Waals surface area contributed by atoms with Crippen LogP contribution in [0.15, 0.2) is 54.6 Å². The van der Waals surface area contributed by atoms with Gasteiger partial charge < -0.3 is 14.4 Å². The van der Waals surface area contributed by atoms with Gasteiger partial charge in [-0.1, -0.05) is 42.5 Å². The van der Waals surface area contributed by atoms with E-state index >= 15 is 0 Å². The van der Waals surface area contributed by atoms with E-state index in [-0.39, 0.29) is 23.6 Å². The van der Waals surface area contributed by atoms with Crippen LogP contribution in [0, 0.1) is 0 Å². The van der Waals surface area contributed by atoms with E-state index in [2.05, 4.69) is 4.74 Å². The first kappa shape index (κ1) is 21.6. The molecular formula is C21H22N2O6. The molecule has 0 radical (unpaired) electrons. The molecule has 2 aromatic carbocycles. The van der Waals surface area contributed by atoms with E-state index < -0.39 is 24.6 Å². The van der Waals surface area contributed by atoms with Gasteiger partial charge in [-0.15, -0.1) is 0 Å². The molecule has 0 saturated heterocycles. The smallest absolute Gasteiger partial charge is 0.413 e. The summed E-state index contributed by atoms with van der Waals surface area (Å²) in [6.45, 7) is 1.38. The second-order valence-electron chi connectivity index (χ2n) is 6.04. The minimum Gasteiger partial charge on any atom is -0.452 e. The van der Waals surface area contributed by atoms with Crippen LogP contribution in [0.3, 0.4) is 0 Å². The maximum Gasteiger partial charge on any atom is 0.413 e. The van der Waals surface area contributed by atoms with Gasteiger partial charge in [-0.3, -0.25) is 14.9 Å². The number of hydrogen-bond donors (Lipinski definition) is 1. The lowest BCUT2D eigenvalue weighted by atomic mass is 10.1. The van der Waals surface area contributed by atoms with E-state index in [0.717, 1.165) is 5.56 Å². The number of benzene rings is 2. The van der Waals surface area contributed by atoms with Crippen LogP contribution in [0.2, 0.25) is 0 Å². The normalized spacial score (nSPS) is 10.0. The van der Waals surface area contributed by atoms with Crippen molar-refractivity contribution in [2.45, 2.75) is 13.5 Å².